The quantitative estimate of drug-likeness (QED) is 0.518. The molecule has 0 bridgehead atoms. The fourth-order valence-electron chi connectivity index (χ4n) is 2.73. The molecule has 0 aliphatic heterocycles. The Labute approximate surface area is 155 Å². The van der Waals surface area contributed by atoms with Gasteiger partial charge in [-0.2, -0.15) is 0 Å². The largest absolute Gasteiger partial charge is 0.490 e. The van der Waals surface area contributed by atoms with Crippen LogP contribution in [0.4, 0.5) is 0 Å². The lowest BCUT2D eigenvalue weighted by atomic mass is 10.1. The van der Waals surface area contributed by atoms with Crippen molar-refractivity contribution < 1.29 is 14.6 Å². The molecule has 2 aromatic rings. The summed E-state index contributed by atoms with van der Waals surface area (Å²) in [5, 5.41) is 8.92. The SMILES string of the molecule is CCCCCCCCCCOc1cnc(-c2ccc(C(=O)O)cc2)nc1. The Morgan fingerprint density at radius 3 is 2.08 bits per heavy atom. The van der Waals surface area contributed by atoms with Crippen molar-refractivity contribution in [3.63, 3.8) is 0 Å². The van der Waals surface area contributed by atoms with Gasteiger partial charge in [-0.3, -0.25) is 0 Å². The first kappa shape index (κ1) is 19.9. The van der Waals surface area contributed by atoms with E-state index in [0.717, 1.165) is 12.0 Å². The smallest absolute Gasteiger partial charge is 0.335 e. The molecule has 0 radical (unpaired) electrons. The standard InChI is InChI=1S/C21H28N2O3/c1-2-3-4-5-6-7-8-9-14-26-19-15-22-20(23-16-19)17-10-12-18(13-11-17)21(24)25/h10-13,15-16H,2-9,14H2,1H3,(H,24,25). The summed E-state index contributed by atoms with van der Waals surface area (Å²) in [6.45, 7) is 2.92. The minimum Gasteiger partial charge on any atom is -0.490 e. The maximum atomic E-state index is 10.9. The first-order chi connectivity index (χ1) is 12.7. The first-order valence-electron chi connectivity index (χ1n) is 9.49. The van der Waals surface area contributed by atoms with Gasteiger partial charge in [0.1, 0.15) is 0 Å². The summed E-state index contributed by atoms with van der Waals surface area (Å²) in [4.78, 5) is 19.5. The van der Waals surface area contributed by atoms with Crippen molar-refractivity contribution in [2.24, 2.45) is 0 Å². The molecule has 2 rings (SSSR count). The molecule has 0 amide bonds. The second kappa shape index (κ2) is 11.2. The predicted molar refractivity (Wildman–Crippen MR) is 103 cm³/mol. The predicted octanol–water partition coefficient (Wildman–Crippen LogP) is 5.36. The molecule has 1 N–H and O–H groups in total. The minimum absolute atomic E-state index is 0.249. The van der Waals surface area contributed by atoms with Crippen LogP contribution in [0, 0.1) is 0 Å². The lowest BCUT2D eigenvalue weighted by Gasteiger charge is -2.06. The van der Waals surface area contributed by atoms with E-state index in [9.17, 15) is 4.79 Å². The summed E-state index contributed by atoms with van der Waals surface area (Å²) in [6, 6.07) is 6.51. The van der Waals surface area contributed by atoms with Gasteiger partial charge >= 0.3 is 5.97 Å². The number of carbonyl (C=O) groups is 1. The van der Waals surface area contributed by atoms with Crippen LogP contribution in [0.3, 0.4) is 0 Å². The van der Waals surface area contributed by atoms with Crippen LogP contribution in [0.2, 0.25) is 0 Å². The van der Waals surface area contributed by atoms with Crippen LogP contribution in [0.25, 0.3) is 11.4 Å². The number of hydrogen-bond acceptors (Lipinski definition) is 4. The molecule has 5 nitrogen and oxygen atoms in total. The van der Waals surface area contributed by atoms with Crippen LogP contribution in [0.15, 0.2) is 36.7 Å². The molecular formula is C21H28N2O3. The van der Waals surface area contributed by atoms with Crippen LogP contribution >= 0.6 is 0 Å². The summed E-state index contributed by atoms with van der Waals surface area (Å²) >= 11 is 0. The lowest BCUT2D eigenvalue weighted by molar-refractivity contribution is 0.0697. The normalized spacial score (nSPS) is 10.7. The van der Waals surface area contributed by atoms with Crippen LogP contribution in [0.1, 0.15) is 68.6 Å². The van der Waals surface area contributed by atoms with Crippen molar-refractivity contribution >= 4 is 5.97 Å². The summed E-state index contributed by atoms with van der Waals surface area (Å²) < 4.78 is 5.69. The Hall–Kier alpha value is -2.43. The van der Waals surface area contributed by atoms with Crippen molar-refractivity contribution in [3.05, 3.63) is 42.2 Å². The number of aromatic carboxylic acids is 1. The van der Waals surface area contributed by atoms with E-state index in [1.165, 1.54) is 44.9 Å². The molecule has 1 aromatic carbocycles. The second-order valence-electron chi connectivity index (χ2n) is 6.45. The molecule has 1 aromatic heterocycles. The van der Waals surface area contributed by atoms with Gasteiger partial charge in [0.05, 0.1) is 24.6 Å². The molecule has 0 atom stereocenters. The highest BCUT2D eigenvalue weighted by Gasteiger charge is 2.05. The van der Waals surface area contributed by atoms with E-state index in [1.54, 1.807) is 36.7 Å². The summed E-state index contributed by atoms with van der Waals surface area (Å²) in [5.41, 5.74) is 1.03. The molecule has 140 valence electrons. The van der Waals surface area contributed by atoms with Gasteiger partial charge in [-0.1, -0.05) is 64.0 Å². The zero-order valence-corrected chi connectivity index (χ0v) is 15.5. The van der Waals surface area contributed by atoms with E-state index in [-0.39, 0.29) is 5.56 Å². The highest BCUT2D eigenvalue weighted by Crippen LogP contribution is 2.17. The Morgan fingerprint density at radius 2 is 1.50 bits per heavy atom. The number of ether oxygens (including phenoxy) is 1. The fourth-order valence-corrected chi connectivity index (χ4v) is 2.73. The molecule has 0 saturated carbocycles. The maximum absolute atomic E-state index is 10.9. The fraction of sp³-hybridized carbons (Fsp3) is 0.476. The Balaban J connectivity index is 1.68. The van der Waals surface area contributed by atoms with Gasteiger partial charge in [-0.25, -0.2) is 14.8 Å². The average molecular weight is 356 g/mol. The van der Waals surface area contributed by atoms with E-state index in [4.69, 9.17) is 9.84 Å². The Morgan fingerprint density at radius 1 is 0.923 bits per heavy atom. The summed E-state index contributed by atoms with van der Waals surface area (Å²) in [6.07, 6.45) is 13.5. The van der Waals surface area contributed by atoms with E-state index >= 15 is 0 Å². The van der Waals surface area contributed by atoms with Crippen LogP contribution in [-0.2, 0) is 0 Å². The second-order valence-corrected chi connectivity index (χ2v) is 6.45. The van der Waals surface area contributed by atoms with E-state index in [1.807, 2.05) is 0 Å². The van der Waals surface area contributed by atoms with Gasteiger partial charge in [0.15, 0.2) is 11.6 Å². The number of carboxylic acids is 1. The van der Waals surface area contributed by atoms with Gasteiger partial charge in [0, 0.05) is 5.56 Å². The third kappa shape index (κ3) is 6.82. The number of benzene rings is 1. The lowest BCUT2D eigenvalue weighted by Crippen LogP contribution is -1.99. The number of rotatable bonds is 12. The zero-order valence-electron chi connectivity index (χ0n) is 15.5. The van der Waals surface area contributed by atoms with Crippen LogP contribution < -0.4 is 4.74 Å². The molecule has 0 spiro atoms. The number of aromatic nitrogens is 2. The first-order valence-corrected chi connectivity index (χ1v) is 9.49. The number of unbranched alkanes of at least 4 members (excludes halogenated alkanes) is 7. The molecule has 1 heterocycles. The maximum Gasteiger partial charge on any atom is 0.335 e. The van der Waals surface area contributed by atoms with Crippen LogP contribution in [-0.4, -0.2) is 27.7 Å². The average Bonchev–Trinajstić information content (AvgIpc) is 2.67. The molecule has 5 heteroatoms. The Bertz CT molecular complexity index is 654. The van der Waals surface area contributed by atoms with E-state index in [2.05, 4.69) is 16.9 Å². The van der Waals surface area contributed by atoms with Crippen molar-refractivity contribution in [1.82, 2.24) is 9.97 Å². The molecule has 0 saturated heterocycles. The molecule has 0 fully saturated rings. The van der Waals surface area contributed by atoms with Gasteiger partial charge in [0.25, 0.3) is 0 Å². The third-order valence-corrected chi connectivity index (χ3v) is 4.28. The topological polar surface area (TPSA) is 72.3 Å². The number of nitrogens with zero attached hydrogens (tertiary/aromatic N) is 2. The third-order valence-electron chi connectivity index (χ3n) is 4.28. The minimum atomic E-state index is -0.942. The van der Waals surface area contributed by atoms with Crippen molar-refractivity contribution in [1.29, 1.82) is 0 Å². The monoisotopic (exact) mass is 356 g/mol. The number of carboxylic acid groups (broad SMARTS) is 1. The zero-order chi connectivity index (χ0) is 18.6. The van der Waals surface area contributed by atoms with Crippen molar-refractivity contribution in [2.75, 3.05) is 6.61 Å². The van der Waals surface area contributed by atoms with Crippen molar-refractivity contribution in [2.45, 2.75) is 58.3 Å². The van der Waals surface area contributed by atoms with Gasteiger partial charge in [-0.05, 0) is 18.6 Å². The van der Waals surface area contributed by atoms with Gasteiger partial charge in [0.2, 0.25) is 0 Å². The van der Waals surface area contributed by atoms with E-state index in [0.29, 0.717) is 18.2 Å². The van der Waals surface area contributed by atoms with E-state index < -0.39 is 5.97 Å². The van der Waals surface area contributed by atoms with Crippen LogP contribution in [0.5, 0.6) is 5.75 Å². The molecule has 0 aliphatic rings. The molecule has 0 unspecified atom stereocenters. The molecular weight excluding hydrogens is 328 g/mol. The Kier molecular flexibility index (Phi) is 8.60. The highest BCUT2D eigenvalue weighted by molar-refractivity contribution is 5.88. The summed E-state index contributed by atoms with van der Waals surface area (Å²) in [7, 11) is 0. The van der Waals surface area contributed by atoms with Gasteiger partial charge in [-0.15, -0.1) is 0 Å². The van der Waals surface area contributed by atoms with Crippen molar-refractivity contribution in [3.8, 4) is 17.1 Å². The number of hydrogen-bond donors (Lipinski definition) is 1. The molecule has 26 heavy (non-hydrogen) atoms. The summed E-state index contributed by atoms with van der Waals surface area (Å²) in [5.74, 6) is 0.280. The molecule has 0 aliphatic carbocycles. The highest BCUT2D eigenvalue weighted by atomic mass is 16.5. The van der Waals surface area contributed by atoms with Gasteiger partial charge < -0.3 is 9.84 Å².